The number of primary amides is 1. The molecule has 0 aliphatic rings. The minimum absolute atomic E-state index is 0.383. The molecule has 1 aromatic rings. The Kier molecular flexibility index (Phi) is 3.85. The highest BCUT2D eigenvalue weighted by Crippen LogP contribution is 2.05. The minimum Gasteiger partial charge on any atom is -0.449 e. The third-order valence-corrected chi connectivity index (χ3v) is 1.95. The van der Waals surface area contributed by atoms with E-state index in [1.165, 1.54) is 0 Å². The van der Waals surface area contributed by atoms with Crippen molar-refractivity contribution in [2.75, 3.05) is 0 Å². The van der Waals surface area contributed by atoms with Gasteiger partial charge in [-0.05, 0) is 18.6 Å². The molecule has 1 unspecified atom stereocenters. The van der Waals surface area contributed by atoms with Gasteiger partial charge in [0.25, 0.3) is 5.91 Å². The van der Waals surface area contributed by atoms with Gasteiger partial charge in [-0.25, -0.2) is 4.79 Å². The van der Waals surface area contributed by atoms with E-state index >= 15 is 0 Å². The van der Waals surface area contributed by atoms with Crippen LogP contribution in [0.5, 0.6) is 0 Å². The third-order valence-electron chi connectivity index (χ3n) is 1.95. The van der Waals surface area contributed by atoms with Crippen LogP contribution in [-0.2, 0) is 9.53 Å². The molecule has 0 aromatic heterocycles. The van der Waals surface area contributed by atoms with E-state index in [9.17, 15) is 9.59 Å². The molecule has 80 valence electrons. The summed E-state index contributed by atoms with van der Waals surface area (Å²) in [7, 11) is 0. The molecule has 0 radical (unpaired) electrons. The number of hydrogen-bond donors (Lipinski definition) is 1. The van der Waals surface area contributed by atoms with Crippen LogP contribution < -0.4 is 5.73 Å². The highest BCUT2D eigenvalue weighted by molar-refractivity contribution is 5.91. The van der Waals surface area contributed by atoms with Gasteiger partial charge >= 0.3 is 5.97 Å². The molecule has 0 heterocycles. The van der Waals surface area contributed by atoms with Crippen molar-refractivity contribution in [3.63, 3.8) is 0 Å². The lowest BCUT2D eigenvalue weighted by Gasteiger charge is -2.12. The van der Waals surface area contributed by atoms with E-state index in [-0.39, 0.29) is 0 Å². The van der Waals surface area contributed by atoms with Gasteiger partial charge in [-0.15, -0.1) is 0 Å². The maximum Gasteiger partial charge on any atom is 0.338 e. The second-order valence-electron chi connectivity index (χ2n) is 3.07. The fourth-order valence-electron chi connectivity index (χ4n) is 1.11. The number of benzene rings is 1. The topological polar surface area (TPSA) is 69.4 Å². The van der Waals surface area contributed by atoms with Crippen LogP contribution in [0.25, 0.3) is 0 Å². The summed E-state index contributed by atoms with van der Waals surface area (Å²) < 4.78 is 4.93. The van der Waals surface area contributed by atoms with Crippen molar-refractivity contribution in [3.05, 3.63) is 35.9 Å². The molecule has 0 saturated heterocycles. The first-order chi connectivity index (χ1) is 7.15. The van der Waals surface area contributed by atoms with Crippen molar-refractivity contribution in [1.82, 2.24) is 0 Å². The van der Waals surface area contributed by atoms with Crippen molar-refractivity contribution in [2.24, 2.45) is 5.73 Å². The van der Waals surface area contributed by atoms with E-state index in [1.807, 2.05) is 0 Å². The van der Waals surface area contributed by atoms with Crippen molar-refractivity contribution >= 4 is 11.9 Å². The van der Waals surface area contributed by atoms with E-state index in [2.05, 4.69) is 0 Å². The lowest BCUT2D eigenvalue weighted by molar-refractivity contribution is -0.126. The van der Waals surface area contributed by atoms with Crippen LogP contribution in [0.15, 0.2) is 30.3 Å². The van der Waals surface area contributed by atoms with Gasteiger partial charge in [0.1, 0.15) is 0 Å². The van der Waals surface area contributed by atoms with Crippen LogP contribution in [0, 0.1) is 0 Å². The Morgan fingerprint density at radius 3 is 2.40 bits per heavy atom. The zero-order chi connectivity index (χ0) is 11.3. The summed E-state index contributed by atoms with van der Waals surface area (Å²) in [5.74, 6) is -1.15. The smallest absolute Gasteiger partial charge is 0.338 e. The molecule has 2 N–H and O–H groups in total. The number of carbonyl (C=O) groups excluding carboxylic acids is 2. The van der Waals surface area contributed by atoms with Gasteiger partial charge in [0.2, 0.25) is 0 Å². The average Bonchev–Trinajstić information content (AvgIpc) is 2.26. The third kappa shape index (κ3) is 3.09. The summed E-state index contributed by atoms with van der Waals surface area (Å²) in [5, 5.41) is 0. The maximum absolute atomic E-state index is 11.5. The lowest BCUT2D eigenvalue weighted by Crippen LogP contribution is -2.32. The van der Waals surface area contributed by atoms with Crippen molar-refractivity contribution in [2.45, 2.75) is 19.4 Å². The Morgan fingerprint density at radius 2 is 1.93 bits per heavy atom. The van der Waals surface area contributed by atoms with Crippen LogP contribution in [0.1, 0.15) is 23.7 Å². The van der Waals surface area contributed by atoms with Crippen molar-refractivity contribution in [1.29, 1.82) is 0 Å². The molecule has 1 amide bonds. The summed E-state index contributed by atoms with van der Waals surface area (Å²) in [6.45, 7) is 1.73. The average molecular weight is 207 g/mol. The summed E-state index contributed by atoms with van der Waals surface area (Å²) >= 11 is 0. The molecule has 0 spiro atoms. The SMILES string of the molecule is CCC(OC(=O)c1ccccc1)C(N)=O. The first-order valence-electron chi connectivity index (χ1n) is 4.70. The molecule has 1 atom stereocenters. The monoisotopic (exact) mass is 207 g/mol. The first-order valence-corrected chi connectivity index (χ1v) is 4.70. The van der Waals surface area contributed by atoms with E-state index in [0.717, 1.165) is 0 Å². The van der Waals surface area contributed by atoms with E-state index in [0.29, 0.717) is 12.0 Å². The van der Waals surface area contributed by atoms with Gasteiger partial charge < -0.3 is 10.5 Å². The van der Waals surface area contributed by atoms with Gasteiger partial charge in [0, 0.05) is 0 Å². The Balaban J connectivity index is 2.67. The second-order valence-corrected chi connectivity index (χ2v) is 3.07. The number of amides is 1. The van der Waals surface area contributed by atoms with E-state index in [4.69, 9.17) is 10.5 Å². The summed E-state index contributed by atoms with van der Waals surface area (Å²) in [5.41, 5.74) is 5.47. The van der Waals surface area contributed by atoms with E-state index < -0.39 is 18.0 Å². The number of hydrogen-bond acceptors (Lipinski definition) is 3. The maximum atomic E-state index is 11.5. The van der Waals surface area contributed by atoms with Crippen LogP contribution in [-0.4, -0.2) is 18.0 Å². The standard InChI is InChI=1S/C11H13NO3/c1-2-9(10(12)13)15-11(14)8-6-4-3-5-7-8/h3-7,9H,2H2,1H3,(H2,12,13). The van der Waals surface area contributed by atoms with Gasteiger partial charge in [-0.3, -0.25) is 4.79 Å². The number of esters is 1. The molecular weight excluding hydrogens is 194 g/mol. The Bertz CT molecular complexity index is 348. The predicted molar refractivity (Wildman–Crippen MR) is 55.1 cm³/mol. The largest absolute Gasteiger partial charge is 0.449 e. The Labute approximate surface area is 88.0 Å². The van der Waals surface area contributed by atoms with Crippen LogP contribution in [0.4, 0.5) is 0 Å². The number of carbonyl (C=O) groups is 2. The molecule has 1 rings (SSSR count). The fraction of sp³-hybridized carbons (Fsp3) is 0.273. The van der Waals surface area contributed by atoms with Gasteiger partial charge in [-0.2, -0.15) is 0 Å². The summed E-state index contributed by atoms with van der Waals surface area (Å²) in [6, 6.07) is 8.48. The molecule has 0 bridgehead atoms. The molecule has 0 saturated carbocycles. The van der Waals surface area contributed by atoms with Crippen LogP contribution >= 0.6 is 0 Å². The molecule has 0 aliphatic carbocycles. The molecular formula is C11H13NO3. The molecule has 4 heteroatoms. The van der Waals surface area contributed by atoms with E-state index in [1.54, 1.807) is 37.3 Å². The zero-order valence-electron chi connectivity index (χ0n) is 8.47. The summed E-state index contributed by atoms with van der Waals surface area (Å²) in [6.07, 6.45) is -0.467. The van der Waals surface area contributed by atoms with Crippen LogP contribution in [0.3, 0.4) is 0 Å². The number of ether oxygens (including phenoxy) is 1. The second kappa shape index (κ2) is 5.14. The highest BCUT2D eigenvalue weighted by atomic mass is 16.5. The molecule has 0 aliphatic heterocycles. The van der Waals surface area contributed by atoms with Gasteiger partial charge in [0.15, 0.2) is 6.10 Å². The van der Waals surface area contributed by atoms with Crippen molar-refractivity contribution in [3.8, 4) is 0 Å². The van der Waals surface area contributed by atoms with Crippen LogP contribution in [0.2, 0.25) is 0 Å². The zero-order valence-corrected chi connectivity index (χ0v) is 8.47. The first kappa shape index (κ1) is 11.2. The quantitative estimate of drug-likeness (QED) is 0.752. The normalized spacial score (nSPS) is 11.8. The fourth-order valence-corrected chi connectivity index (χ4v) is 1.11. The highest BCUT2D eigenvalue weighted by Gasteiger charge is 2.18. The van der Waals surface area contributed by atoms with Gasteiger partial charge in [-0.1, -0.05) is 25.1 Å². The van der Waals surface area contributed by atoms with Gasteiger partial charge in [0.05, 0.1) is 5.56 Å². The summed E-state index contributed by atoms with van der Waals surface area (Å²) in [4.78, 5) is 22.3. The number of nitrogens with two attached hydrogens (primary N) is 1. The Morgan fingerprint density at radius 1 is 1.33 bits per heavy atom. The Hall–Kier alpha value is -1.84. The molecule has 1 aromatic carbocycles. The molecule has 0 fully saturated rings. The molecule has 4 nitrogen and oxygen atoms in total. The number of rotatable bonds is 4. The predicted octanol–water partition coefficient (Wildman–Crippen LogP) is 1.11. The lowest BCUT2D eigenvalue weighted by atomic mass is 10.2. The minimum atomic E-state index is -0.849. The molecule has 15 heavy (non-hydrogen) atoms. The van der Waals surface area contributed by atoms with Crippen molar-refractivity contribution < 1.29 is 14.3 Å².